The first-order chi connectivity index (χ1) is 8.65. The first kappa shape index (κ1) is 13.0. The molecule has 5 heteroatoms. The molecule has 1 aliphatic rings. The van der Waals surface area contributed by atoms with Crippen molar-refractivity contribution in [3.8, 4) is 0 Å². The lowest BCUT2D eigenvalue weighted by Crippen LogP contribution is -2.48. The third-order valence-corrected chi connectivity index (χ3v) is 3.32. The first-order valence-electron chi connectivity index (χ1n) is 5.87. The van der Waals surface area contributed by atoms with E-state index in [0.29, 0.717) is 18.5 Å². The summed E-state index contributed by atoms with van der Waals surface area (Å²) in [6.45, 7) is 0.609. The Morgan fingerprint density at radius 1 is 1.50 bits per heavy atom. The van der Waals surface area contributed by atoms with Gasteiger partial charge in [-0.3, -0.25) is 5.32 Å². The molecule has 1 saturated heterocycles. The number of ether oxygens (including phenoxy) is 1. The fourth-order valence-corrected chi connectivity index (χ4v) is 2.42. The number of halogens is 1. The highest BCUT2D eigenvalue weighted by atomic mass is 19.1. The number of hydrogen-bond acceptors (Lipinski definition) is 3. The minimum atomic E-state index is -1.25. The normalized spacial score (nSPS) is 28.0. The van der Waals surface area contributed by atoms with E-state index in [1.54, 1.807) is 18.2 Å². The van der Waals surface area contributed by atoms with Crippen LogP contribution in [0.4, 0.5) is 4.39 Å². The molecule has 0 aliphatic carbocycles. The summed E-state index contributed by atoms with van der Waals surface area (Å²) in [5.74, 6) is -1.46. The maximum atomic E-state index is 14.3. The summed E-state index contributed by atoms with van der Waals surface area (Å²) in [4.78, 5) is 11.2. The lowest BCUT2D eigenvalue weighted by Gasteiger charge is -2.33. The second-order valence-electron chi connectivity index (χ2n) is 4.34. The summed E-state index contributed by atoms with van der Waals surface area (Å²) in [6.07, 6.45) is -1.36. The van der Waals surface area contributed by atoms with Crippen LogP contribution in [0.5, 0.6) is 0 Å². The third kappa shape index (κ3) is 2.37. The Kier molecular flexibility index (Phi) is 3.93. The maximum Gasteiger partial charge on any atom is 0.335 e. The van der Waals surface area contributed by atoms with Gasteiger partial charge in [0, 0.05) is 13.0 Å². The highest BCUT2D eigenvalue weighted by Crippen LogP contribution is 2.32. The van der Waals surface area contributed by atoms with Gasteiger partial charge in [0.05, 0.1) is 5.56 Å². The molecular weight excluding hydrogens is 237 g/mol. The van der Waals surface area contributed by atoms with Crippen LogP contribution in [0.1, 0.15) is 28.3 Å². The van der Waals surface area contributed by atoms with Gasteiger partial charge in [-0.25, -0.2) is 9.18 Å². The number of carboxylic acids is 1. The van der Waals surface area contributed by atoms with Crippen molar-refractivity contribution in [2.45, 2.75) is 24.7 Å². The van der Waals surface area contributed by atoms with Crippen LogP contribution in [0.3, 0.4) is 0 Å². The Morgan fingerprint density at radius 3 is 2.89 bits per heavy atom. The molecule has 1 aromatic rings. The highest BCUT2D eigenvalue weighted by Gasteiger charge is 2.35. The molecule has 0 amide bonds. The van der Waals surface area contributed by atoms with Gasteiger partial charge in [-0.05, 0) is 24.6 Å². The van der Waals surface area contributed by atoms with Gasteiger partial charge in [0.25, 0.3) is 0 Å². The topological polar surface area (TPSA) is 58.6 Å². The quantitative estimate of drug-likeness (QED) is 0.862. The molecule has 0 radical (unpaired) electrons. The molecule has 0 aromatic heterocycles. The van der Waals surface area contributed by atoms with Crippen LogP contribution in [0.2, 0.25) is 0 Å². The van der Waals surface area contributed by atoms with Crippen LogP contribution < -0.4 is 5.32 Å². The predicted octanol–water partition coefficient (Wildman–Crippen LogP) is 1.77. The molecule has 98 valence electrons. The SMILES string of the molecule is COC1NCCC(c2ccccc2C(=O)O)C1F. The number of aromatic carboxylic acids is 1. The van der Waals surface area contributed by atoms with Crippen LogP contribution in [0, 0.1) is 0 Å². The van der Waals surface area contributed by atoms with Gasteiger partial charge in [-0.15, -0.1) is 0 Å². The van der Waals surface area contributed by atoms with Crippen molar-refractivity contribution in [3.05, 3.63) is 35.4 Å². The molecule has 1 heterocycles. The average molecular weight is 253 g/mol. The molecular formula is C13H16FNO3. The Hall–Kier alpha value is -1.46. The van der Waals surface area contributed by atoms with E-state index in [0.717, 1.165) is 0 Å². The summed E-state index contributed by atoms with van der Waals surface area (Å²) in [7, 11) is 1.44. The predicted molar refractivity (Wildman–Crippen MR) is 64.5 cm³/mol. The molecule has 0 bridgehead atoms. The molecule has 3 unspecified atom stereocenters. The molecule has 1 aromatic carbocycles. The van der Waals surface area contributed by atoms with Crippen LogP contribution in [-0.4, -0.2) is 37.1 Å². The Labute approximate surface area is 105 Å². The van der Waals surface area contributed by atoms with Gasteiger partial charge >= 0.3 is 5.97 Å². The lowest BCUT2D eigenvalue weighted by molar-refractivity contribution is -0.0206. The highest BCUT2D eigenvalue weighted by molar-refractivity contribution is 5.89. The Balaban J connectivity index is 2.33. The number of benzene rings is 1. The molecule has 0 saturated carbocycles. The van der Waals surface area contributed by atoms with Crippen molar-refractivity contribution < 1.29 is 19.0 Å². The van der Waals surface area contributed by atoms with Crippen molar-refractivity contribution in [2.24, 2.45) is 0 Å². The van der Waals surface area contributed by atoms with Crippen LogP contribution in [0.15, 0.2) is 24.3 Å². The van der Waals surface area contributed by atoms with Crippen molar-refractivity contribution in [2.75, 3.05) is 13.7 Å². The summed E-state index contributed by atoms with van der Waals surface area (Å²) >= 11 is 0. The standard InChI is InChI=1S/C13H16FNO3/c1-18-12-11(14)9(6-7-15-12)8-4-2-3-5-10(8)13(16)17/h2-5,9,11-12,15H,6-7H2,1H3,(H,16,17). The van der Waals surface area contributed by atoms with E-state index in [2.05, 4.69) is 5.32 Å². The smallest absolute Gasteiger partial charge is 0.335 e. The molecule has 18 heavy (non-hydrogen) atoms. The Morgan fingerprint density at radius 2 is 2.22 bits per heavy atom. The fourth-order valence-electron chi connectivity index (χ4n) is 2.42. The van der Waals surface area contributed by atoms with Crippen LogP contribution in [-0.2, 0) is 4.74 Å². The summed E-state index contributed by atoms with van der Waals surface area (Å²) in [5, 5.41) is 12.1. The third-order valence-electron chi connectivity index (χ3n) is 3.32. The zero-order valence-electron chi connectivity index (χ0n) is 10.1. The number of piperidine rings is 1. The maximum absolute atomic E-state index is 14.3. The van der Waals surface area contributed by atoms with Gasteiger partial charge in [-0.1, -0.05) is 18.2 Å². The van der Waals surface area contributed by atoms with E-state index < -0.39 is 24.3 Å². The van der Waals surface area contributed by atoms with E-state index in [1.165, 1.54) is 13.2 Å². The minimum absolute atomic E-state index is 0.168. The van der Waals surface area contributed by atoms with Crippen molar-refractivity contribution >= 4 is 5.97 Å². The molecule has 0 spiro atoms. The van der Waals surface area contributed by atoms with E-state index in [1.807, 2.05) is 0 Å². The number of rotatable bonds is 3. The van der Waals surface area contributed by atoms with E-state index in [-0.39, 0.29) is 5.56 Å². The van der Waals surface area contributed by atoms with Crippen molar-refractivity contribution in [1.29, 1.82) is 0 Å². The number of carbonyl (C=O) groups is 1. The van der Waals surface area contributed by atoms with Gasteiger partial charge in [0.2, 0.25) is 0 Å². The largest absolute Gasteiger partial charge is 0.478 e. The summed E-state index contributed by atoms with van der Waals surface area (Å²) < 4.78 is 19.3. The van der Waals surface area contributed by atoms with Crippen molar-refractivity contribution in [3.63, 3.8) is 0 Å². The van der Waals surface area contributed by atoms with Gasteiger partial charge in [0.15, 0.2) is 0 Å². The van der Waals surface area contributed by atoms with E-state index >= 15 is 0 Å². The van der Waals surface area contributed by atoms with E-state index in [4.69, 9.17) is 9.84 Å². The molecule has 2 N–H and O–H groups in total. The number of methoxy groups -OCH3 is 1. The average Bonchev–Trinajstić information content (AvgIpc) is 2.39. The lowest BCUT2D eigenvalue weighted by atomic mass is 9.85. The second-order valence-corrected chi connectivity index (χ2v) is 4.34. The van der Waals surface area contributed by atoms with Crippen molar-refractivity contribution in [1.82, 2.24) is 5.32 Å². The first-order valence-corrected chi connectivity index (χ1v) is 5.87. The summed E-state index contributed by atoms with van der Waals surface area (Å²) in [5.41, 5.74) is 0.711. The molecule has 1 fully saturated rings. The van der Waals surface area contributed by atoms with E-state index in [9.17, 15) is 9.18 Å². The number of carboxylic acid groups (broad SMARTS) is 1. The molecule has 4 nitrogen and oxygen atoms in total. The summed E-state index contributed by atoms with van der Waals surface area (Å²) in [6, 6.07) is 6.57. The van der Waals surface area contributed by atoms with Crippen LogP contribution in [0.25, 0.3) is 0 Å². The fraction of sp³-hybridized carbons (Fsp3) is 0.462. The zero-order chi connectivity index (χ0) is 13.1. The Bertz CT molecular complexity index is 438. The monoisotopic (exact) mass is 253 g/mol. The second kappa shape index (κ2) is 5.46. The number of alkyl halides is 1. The van der Waals surface area contributed by atoms with Gasteiger partial charge in [-0.2, -0.15) is 0 Å². The molecule has 3 atom stereocenters. The van der Waals surface area contributed by atoms with Gasteiger partial charge in [0.1, 0.15) is 12.4 Å². The minimum Gasteiger partial charge on any atom is -0.478 e. The molecule has 1 aliphatic heterocycles. The zero-order valence-corrected chi connectivity index (χ0v) is 10.1. The number of hydrogen-bond donors (Lipinski definition) is 2. The van der Waals surface area contributed by atoms with Crippen LogP contribution >= 0.6 is 0 Å². The number of nitrogens with one attached hydrogen (secondary N) is 1. The van der Waals surface area contributed by atoms with Gasteiger partial charge < -0.3 is 9.84 Å². The molecule has 2 rings (SSSR count).